The zero-order valence-electron chi connectivity index (χ0n) is 12.1. The van der Waals surface area contributed by atoms with Crippen molar-refractivity contribution in [2.45, 2.75) is 65.2 Å². The second kappa shape index (κ2) is 8.53. The second-order valence-electron chi connectivity index (χ2n) is 5.06. The van der Waals surface area contributed by atoms with E-state index in [-0.39, 0.29) is 5.91 Å². The molecule has 0 amide bonds. The molecule has 0 bridgehead atoms. The molecular formula is C16H24N2O. The van der Waals surface area contributed by atoms with Gasteiger partial charge in [-0.2, -0.15) is 5.10 Å². The minimum absolute atomic E-state index is 0.109. The Kier molecular flexibility index (Phi) is 6.95. The van der Waals surface area contributed by atoms with Gasteiger partial charge in [-0.25, -0.2) is 4.68 Å². The van der Waals surface area contributed by atoms with E-state index in [1.54, 1.807) is 0 Å². The number of hydrogen-bond acceptors (Lipinski definition) is 2. The van der Waals surface area contributed by atoms with Gasteiger partial charge in [0.15, 0.2) is 0 Å². The number of rotatable bonds is 8. The molecule has 0 N–H and O–H groups in total. The average Bonchev–Trinajstić information content (AvgIpc) is 2.71. The lowest BCUT2D eigenvalue weighted by atomic mass is 10.1. The fourth-order valence-electron chi connectivity index (χ4n) is 2.20. The lowest BCUT2D eigenvalue weighted by molar-refractivity contribution is 0.0880. The molecule has 1 aromatic rings. The first-order valence-electron chi connectivity index (χ1n) is 7.15. The van der Waals surface area contributed by atoms with Crippen molar-refractivity contribution < 1.29 is 4.79 Å². The monoisotopic (exact) mass is 260 g/mol. The highest BCUT2D eigenvalue weighted by atomic mass is 16.2. The fourth-order valence-corrected chi connectivity index (χ4v) is 2.20. The molecule has 1 rings (SSSR count). The molecule has 0 atom stereocenters. The van der Waals surface area contributed by atoms with Crippen LogP contribution in [-0.4, -0.2) is 15.7 Å². The van der Waals surface area contributed by atoms with E-state index in [4.69, 9.17) is 6.42 Å². The summed E-state index contributed by atoms with van der Waals surface area (Å²) in [7, 11) is 0. The van der Waals surface area contributed by atoms with Gasteiger partial charge in [-0.3, -0.25) is 4.79 Å². The number of terminal acetylenes is 1. The van der Waals surface area contributed by atoms with Crippen LogP contribution in [0.5, 0.6) is 0 Å². The SMILES string of the molecule is C#CCCCCCCCCC(=O)n1nc(C)cc1C. The van der Waals surface area contributed by atoms with Crippen LogP contribution in [0.3, 0.4) is 0 Å². The van der Waals surface area contributed by atoms with E-state index in [9.17, 15) is 4.79 Å². The van der Waals surface area contributed by atoms with Gasteiger partial charge in [-0.05, 0) is 32.8 Å². The van der Waals surface area contributed by atoms with Gasteiger partial charge < -0.3 is 0 Å². The minimum atomic E-state index is 0.109. The predicted octanol–water partition coefficient (Wildman–Crippen LogP) is 3.89. The molecule has 104 valence electrons. The van der Waals surface area contributed by atoms with Gasteiger partial charge in [0, 0.05) is 18.5 Å². The molecule has 0 aliphatic rings. The van der Waals surface area contributed by atoms with Crippen molar-refractivity contribution in [3.8, 4) is 12.3 Å². The standard InChI is InChI=1S/C16H24N2O/c1-4-5-6-7-8-9-10-11-12-16(19)18-15(3)13-14(2)17-18/h1,13H,5-12H2,2-3H3. The van der Waals surface area contributed by atoms with Crippen LogP contribution in [0, 0.1) is 26.2 Å². The highest BCUT2D eigenvalue weighted by molar-refractivity contribution is 5.78. The van der Waals surface area contributed by atoms with Crippen molar-refractivity contribution in [2.75, 3.05) is 0 Å². The molecule has 0 aromatic carbocycles. The molecule has 0 aliphatic carbocycles. The van der Waals surface area contributed by atoms with Crippen molar-refractivity contribution in [3.05, 3.63) is 17.5 Å². The predicted molar refractivity (Wildman–Crippen MR) is 78.1 cm³/mol. The summed E-state index contributed by atoms with van der Waals surface area (Å²) in [6.07, 6.45) is 13.5. The summed E-state index contributed by atoms with van der Waals surface area (Å²) in [6, 6.07) is 1.93. The maximum Gasteiger partial charge on any atom is 0.247 e. The Morgan fingerprint density at radius 2 is 1.84 bits per heavy atom. The first-order chi connectivity index (χ1) is 9.15. The van der Waals surface area contributed by atoms with E-state index >= 15 is 0 Å². The number of aromatic nitrogens is 2. The number of carbonyl (C=O) groups excluding carboxylic acids is 1. The van der Waals surface area contributed by atoms with Crippen molar-refractivity contribution in [2.24, 2.45) is 0 Å². The number of carbonyl (C=O) groups is 1. The molecule has 1 aromatic heterocycles. The molecular weight excluding hydrogens is 236 g/mol. The van der Waals surface area contributed by atoms with Crippen LogP contribution in [0.1, 0.15) is 67.5 Å². The van der Waals surface area contributed by atoms with Crippen LogP contribution in [0.4, 0.5) is 0 Å². The van der Waals surface area contributed by atoms with E-state index in [1.807, 2.05) is 19.9 Å². The lowest BCUT2D eigenvalue weighted by Crippen LogP contribution is -2.13. The minimum Gasteiger partial charge on any atom is -0.273 e. The van der Waals surface area contributed by atoms with Gasteiger partial charge in [-0.15, -0.1) is 12.3 Å². The summed E-state index contributed by atoms with van der Waals surface area (Å²) in [5, 5.41) is 4.21. The summed E-state index contributed by atoms with van der Waals surface area (Å²) in [5.74, 6) is 2.76. The first kappa shape index (κ1) is 15.5. The maximum atomic E-state index is 11.9. The summed E-state index contributed by atoms with van der Waals surface area (Å²) in [4.78, 5) is 11.9. The maximum absolute atomic E-state index is 11.9. The zero-order chi connectivity index (χ0) is 14.1. The summed E-state index contributed by atoms with van der Waals surface area (Å²) in [5.41, 5.74) is 1.83. The first-order valence-corrected chi connectivity index (χ1v) is 7.15. The van der Waals surface area contributed by atoms with E-state index in [0.717, 1.165) is 37.1 Å². The van der Waals surface area contributed by atoms with Crippen LogP contribution < -0.4 is 0 Å². The number of nitrogens with zero attached hydrogens (tertiary/aromatic N) is 2. The Labute approximate surface area is 116 Å². The Bertz CT molecular complexity index is 440. The molecule has 0 fully saturated rings. The van der Waals surface area contributed by atoms with Crippen LogP contribution in [-0.2, 0) is 0 Å². The molecule has 0 unspecified atom stereocenters. The fraction of sp³-hybridized carbons (Fsp3) is 0.625. The van der Waals surface area contributed by atoms with Crippen LogP contribution in [0.15, 0.2) is 6.07 Å². The smallest absolute Gasteiger partial charge is 0.247 e. The van der Waals surface area contributed by atoms with Crippen LogP contribution >= 0.6 is 0 Å². The number of hydrogen-bond donors (Lipinski definition) is 0. The topological polar surface area (TPSA) is 34.9 Å². The molecule has 3 nitrogen and oxygen atoms in total. The molecule has 0 saturated heterocycles. The molecule has 0 saturated carbocycles. The highest BCUT2D eigenvalue weighted by Gasteiger charge is 2.09. The third kappa shape index (κ3) is 5.74. The number of unbranched alkanes of at least 4 members (excludes halogenated alkanes) is 6. The van der Waals surface area contributed by atoms with Gasteiger partial charge in [0.05, 0.1) is 5.69 Å². The molecule has 1 heterocycles. The quantitative estimate of drug-likeness (QED) is 0.525. The third-order valence-corrected chi connectivity index (χ3v) is 3.21. The molecule has 0 spiro atoms. The number of aryl methyl sites for hydroxylation is 2. The van der Waals surface area contributed by atoms with Gasteiger partial charge in [0.25, 0.3) is 0 Å². The van der Waals surface area contributed by atoms with E-state index in [1.165, 1.54) is 23.9 Å². The lowest BCUT2D eigenvalue weighted by Gasteiger charge is -2.03. The Balaban J connectivity index is 2.11. The van der Waals surface area contributed by atoms with Crippen molar-refractivity contribution in [3.63, 3.8) is 0 Å². The Morgan fingerprint density at radius 1 is 1.21 bits per heavy atom. The van der Waals surface area contributed by atoms with E-state index < -0.39 is 0 Å². The van der Waals surface area contributed by atoms with Crippen molar-refractivity contribution in [1.82, 2.24) is 9.78 Å². The van der Waals surface area contributed by atoms with E-state index in [0.29, 0.717) is 6.42 Å². The zero-order valence-corrected chi connectivity index (χ0v) is 12.1. The largest absolute Gasteiger partial charge is 0.273 e. The van der Waals surface area contributed by atoms with Gasteiger partial charge in [0.1, 0.15) is 0 Å². The summed E-state index contributed by atoms with van der Waals surface area (Å²) < 4.78 is 1.53. The molecule has 19 heavy (non-hydrogen) atoms. The summed E-state index contributed by atoms with van der Waals surface area (Å²) >= 11 is 0. The van der Waals surface area contributed by atoms with Crippen molar-refractivity contribution >= 4 is 5.91 Å². The van der Waals surface area contributed by atoms with Crippen LogP contribution in [0.25, 0.3) is 0 Å². The highest BCUT2D eigenvalue weighted by Crippen LogP contribution is 2.10. The van der Waals surface area contributed by atoms with Gasteiger partial charge in [-0.1, -0.05) is 25.7 Å². The molecule has 0 radical (unpaired) electrons. The van der Waals surface area contributed by atoms with E-state index in [2.05, 4.69) is 11.0 Å². The Morgan fingerprint density at radius 3 is 2.42 bits per heavy atom. The third-order valence-electron chi connectivity index (χ3n) is 3.21. The van der Waals surface area contributed by atoms with Gasteiger partial charge in [0.2, 0.25) is 5.91 Å². The Hall–Kier alpha value is -1.56. The normalized spacial score (nSPS) is 10.4. The average molecular weight is 260 g/mol. The summed E-state index contributed by atoms with van der Waals surface area (Å²) in [6.45, 7) is 3.83. The van der Waals surface area contributed by atoms with Crippen molar-refractivity contribution in [1.29, 1.82) is 0 Å². The second-order valence-corrected chi connectivity index (χ2v) is 5.06. The molecule has 3 heteroatoms. The van der Waals surface area contributed by atoms with Gasteiger partial charge >= 0.3 is 0 Å². The van der Waals surface area contributed by atoms with Crippen LogP contribution in [0.2, 0.25) is 0 Å². The molecule has 0 aliphatic heterocycles.